The Bertz CT molecular complexity index is 1990. The van der Waals surface area contributed by atoms with Crippen LogP contribution in [0.2, 0.25) is 0 Å². The van der Waals surface area contributed by atoms with Crippen LogP contribution in [0.5, 0.6) is 0 Å². The first-order valence-electron chi connectivity index (χ1n) is 16.8. The van der Waals surface area contributed by atoms with Crippen LogP contribution in [0.1, 0.15) is 55.6 Å². The number of nitrogens with zero attached hydrogens (tertiary/aromatic N) is 2. The van der Waals surface area contributed by atoms with Gasteiger partial charge in [-0.1, -0.05) is 60.7 Å². The Morgan fingerprint density at radius 1 is 0.292 bits per heavy atom. The lowest BCUT2D eigenvalue weighted by Gasteiger charge is -2.27. The van der Waals surface area contributed by atoms with Gasteiger partial charge in [-0.2, -0.15) is 0 Å². The fraction of sp³-hybridized carbons (Fsp3) is 0.174. The van der Waals surface area contributed by atoms with E-state index in [9.17, 15) is 0 Å². The molecule has 0 amide bonds. The second-order valence-electron chi connectivity index (χ2n) is 13.5. The van der Waals surface area contributed by atoms with Gasteiger partial charge < -0.3 is 9.80 Å². The maximum atomic E-state index is 2.36. The molecule has 0 bridgehead atoms. The van der Waals surface area contributed by atoms with Gasteiger partial charge in [0.2, 0.25) is 0 Å². The number of aryl methyl sites for hydroxylation is 8. The summed E-state index contributed by atoms with van der Waals surface area (Å²) in [6, 6.07) is 44.7. The third-order valence-electron chi connectivity index (χ3n) is 8.91. The Hall–Kier alpha value is -5.34. The second-order valence-corrected chi connectivity index (χ2v) is 13.5. The van der Waals surface area contributed by atoms with E-state index in [1.807, 2.05) is 0 Å². The summed E-state index contributed by atoms with van der Waals surface area (Å²) in [4.78, 5) is 4.72. The lowest BCUT2D eigenvalue weighted by Crippen LogP contribution is -2.11. The van der Waals surface area contributed by atoms with Crippen molar-refractivity contribution in [2.24, 2.45) is 0 Å². The molecule has 48 heavy (non-hydrogen) atoms. The molecule has 0 heterocycles. The maximum absolute atomic E-state index is 2.36. The Morgan fingerprint density at radius 2 is 0.604 bits per heavy atom. The minimum atomic E-state index is 1.14. The predicted octanol–water partition coefficient (Wildman–Crippen LogP) is 13.3. The SMILES string of the molecule is Cc1cc(C)cc(N(c2ccc(/C=C/c3ccc(N(c4cc(C)cc(C)c4)c4ccc(C)c(C)c4)cc3)cc2)c2cc(C)cc(C)c2)c1. The highest BCUT2D eigenvalue weighted by Crippen LogP contribution is 2.38. The summed E-state index contributed by atoms with van der Waals surface area (Å²) in [7, 11) is 0. The van der Waals surface area contributed by atoms with Crippen molar-refractivity contribution >= 4 is 46.3 Å². The van der Waals surface area contributed by atoms with E-state index in [4.69, 9.17) is 0 Å². The molecule has 0 saturated heterocycles. The summed E-state index contributed by atoms with van der Waals surface area (Å²) in [5.41, 5.74) is 19.5. The van der Waals surface area contributed by atoms with Gasteiger partial charge in [0, 0.05) is 34.1 Å². The van der Waals surface area contributed by atoms with Crippen molar-refractivity contribution in [2.75, 3.05) is 9.80 Å². The van der Waals surface area contributed by atoms with E-state index in [-0.39, 0.29) is 0 Å². The molecule has 0 aliphatic heterocycles. The highest BCUT2D eigenvalue weighted by molar-refractivity contribution is 5.81. The summed E-state index contributed by atoms with van der Waals surface area (Å²) in [5, 5.41) is 0. The van der Waals surface area contributed by atoms with Crippen LogP contribution in [0, 0.1) is 55.4 Å². The quantitative estimate of drug-likeness (QED) is 0.155. The molecular weight excluding hydrogens is 581 g/mol. The topological polar surface area (TPSA) is 6.48 Å². The van der Waals surface area contributed by atoms with E-state index in [0.29, 0.717) is 0 Å². The Morgan fingerprint density at radius 3 is 0.938 bits per heavy atom. The van der Waals surface area contributed by atoms with Gasteiger partial charge in [-0.05, 0) is 184 Å². The van der Waals surface area contributed by atoms with Crippen LogP contribution in [-0.4, -0.2) is 0 Å². The first-order valence-corrected chi connectivity index (χ1v) is 16.8. The fourth-order valence-electron chi connectivity index (χ4n) is 6.66. The van der Waals surface area contributed by atoms with Crippen molar-refractivity contribution in [1.82, 2.24) is 0 Å². The molecular formula is C46H46N2. The van der Waals surface area contributed by atoms with Crippen LogP contribution in [-0.2, 0) is 0 Å². The number of rotatable bonds is 8. The van der Waals surface area contributed by atoms with Gasteiger partial charge in [-0.3, -0.25) is 0 Å². The molecule has 2 nitrogen and oxygen atoms in total. The van der Waals surface area contributed by atoms with E-state index in [0.717, 1.165) is 22.5 Å². The predicted molar refractivity (Wildman–Crippen MR) is 209 cm³/mol. The lowest BCUT2D eigenvalue weighted by atomic mass is 10.1. The number of hydrogen-bond donors (Lipinski definition) is 0. The number of hydrogen-bond acceptors (Lipinski definition) is 2. The molecule has 240 valence electrons. The molecule has 0 aliphatic rings. The Balaban J connectivity index is 1.28. The molecule has 2 heteroatoms. The minimum absolute atomic E-state index is 1.14. The third-order valence-corrected chi connectivity index (χ3v) is 8.91. The molecule has 6 aromatic rings. The first-order chi connectivity index (χ1) is 23.0. The van der Waals surface area contributed by atoms with Crippen LogP contribution < -0.4 is 9.80 Å². The molecule has 0 unspecified atom stereocenters. The van der Waals surface area contributed by atoms with E-state index < -0.39 is 0 Å². The average molecular weight is 627 g/mol. The van der Waals surface area contributed by atoms with Crippen LogP contribution >= 0.6 is 0 Å². The standard InChI is InChI=1S/C46H46N2/c1-31-21-32(2)25-44(24-31)47(43-16-9-37(7)38(8)30-43)41-17-12-39(13-18-41)10-11-40-14-19-42(20-15-40)48(45-26-33(3)22-34(4)27-45)46-28-35(5)23-36(6)29-46/h9-30H,1-8H3/b11-10+. The lowest BCUT2D eigenvalue weighted by molar-refractivity contribution is 1.23. The van der Waals surface area contributed by atoms with Crippen LogP contribution in [0.3, 0.4) is 0 Å². The van der Waals surface area contributed by atoms with E-state index >= 15 is 0 Å². The van der Waals surface area contributed by atoms with Gasteiger partial charge in [0.1, 0.15) is 0 Å². The van der Waals surface area contributed by atoms with Crippen molar-refractivity contribution in [3.05, 3.63) is 177 Å². The van der Waals surface area contributed by atoms with Gasteiger partial charge in [0.25, 0.3) is 0 Å². The van der Waals surface area contributed by atoms with Gasteiger partial charge in [0.05, 0.1) is 0 Å². The number of anilines is 6. The zero-order valence-electron chi connectivity index (χ0n) is 29.6. The molecule has 0 radical (unpaired) electrons. The van der Waals surface area contributed by atoms with Crippen molar-refractivity contribution < 1.29 is 0 Å². The minimum Gasteiger partial charge on any atom is -0.310 e. The second kappa shape index (κ2) is 13.8. The summed E-state index contributed by atoms with van der Waals surface area (Å²) >= 11 is 0. The highest BCUT2D eigenvalue weighted by atomic mass is 15.1. The highest BCUT2D eigenvalue weighted by Gasteiger charge is 2.16. The smallest absolute Gasteiger partial charge is 0.0466 e. The molecule has 6 rings (SSSR count). The van der Waals surface area contributed by atoms with Gasteiger partial charge in [0.15, 0.2) is 0 Å². The monoisotopic (exact) mass is 626 g/mol. The van der Waals surface area contributed by atoms with E-state index in [1.165, 1.54) is 67.3 Å². The van der Waals surface area contributed by atoms with E-state index in [2.05, 4.69) is 199 Å². The number of benzene rings is 6. The molecule has 0 aliphatic carbocycles. The summed E-state index contributed by atoms with van der Waals surface area (Å²) < 4.78 is 0. The molecule has 0 aromatic heterocycles. The fourth-order valence-corrected chi connectivity index (χ4v) is 6.66. The third kappa shape index (κ3) is 7.45. The first kappa shape index (κ1) is 32.6. The molecule has 0 N–H and O–H groups in total. The normalized spacial score (nSPS) is 11.2. The van der Waals surface area contributed by atoms with Gasteiger partial charge in [-0.25, -0.2) is 0 Å². The Kier molecular flexibility index (Phi) is 9.37. The van der Waals surface area contributed by atoms with Gasteiger partial charge in [-0.15, -0.1) is 0 Å². The molecule has 0 fully saturated rings. The van der Waals surface area contributed by atoms with Gasteiger partial charge >= 0.3 is 0 Å². The average Bonchev–Trinajstić information content (AvgIpc) is 3.02. The molecule has 0 atom stereocenters. The van der Waals surface area contributed by atoms with Crippen molar-refractivity contribution in [3.63, 3.8) is 0 Å². The van der Waals surface area contributed by atoms with Crippen molar-refractivity contribution in [1.29, 1.82) is 0 Å². The molecule has 0 saturated carbocycles. The van der Waals surface area contributed by atoms with Crippen molar-refractivity contribution in [2.45, 2.75) is 55.4 Å². The van der Waals surface area contributed by atoms with Crippen molar-refractivity contribution in [3.8, 4) is 0 Å². The largest absolute Gasteiger partial charge is 0.310 e. The maximum Gasteiger partial charge on any atom is 0.0466 e. The summed E-state index contributed by atoms with van der Waals surface area (Å²) in [6.45, 7) is 17.4. The van der Waals surface area contributed by atoms with E-state index in [1.54, 1.807) is 0 Å². The zero-order chi connectivity index (χ0) is 33.9. The molecule has 0 spiro atoms. The summed E-state index contributed by atoms with van der Waals surface area (Å²) in [5.74, 6) is 0. The van der Waals surface area contributed by atoms with Crippen LogP contribution in [0.4, 0.5) is 34.1 Å². The van der Waals surface area contributed by atoms with Crippen LogP contribution in [0.15, 0.2) is 121 Å². The van der Waals surface area contributed by atoms with Crippen LogP contribution in [0.25, 0.3) is 12.2 Å². The summed E-state index contributed by atoms with van der Waals surface area (Å²) in [6.07, 6.45) is 4.39. The Labute approximate surface area is 287 Å². The zero-order valence-corrected chi connectivity index (χ0v) is 29.6. The molecule has 6 aromatic carbocycles.